The third-order valence-corrected chi connectivity index (χ3v) is 5.02. The number of hydrogen-bond acceptors (Lipinski definition) is 3. The zero-order valence-corrected chi connectivity index (χ0v) is 15.1. The van der Waals surface area contributed by atoms with Crippen LogP contribution in [0, 0.1) is 3.70 Å². The van der Waals surface area contributed by atoms with Crippen LogP contribution in [0.3, 0.4) is 0 Å². The summed E-state index contributed by atoms with van der Waals surface area (Å²) >= 11 is 2.27. The minimum absolute atomic E-state index is 0.0736. The summed E-state index contributed by atoms with van der Waals surface area (Å²) in [6, 6.07) is 11.9. The topological polar surface area (TPSA) is 46.8 Å². The fraction of sp³-hybridized carbons (Fsp3) is 0.222. The van der Waals surface area contributed by atoms with Gasteiger partial charge in [-0.1, -0.05) is 12.1 Å². The Bertz CT molecular complexity index is 883. The molecule has 1 aromatic carbocycles. The molecule has 1 aliphatic rings. The van der Waals surface area contributed by atoms with Gasteiger partial charge in [0.25, 0.3) is 5.91 Å². The van der Waals surface area contributed by atoms with Crippen LogP contribution in [0.15, 0.2) is 48.8 Å². The molecular formula is C18H16IN3O2. The highest BCUT2D eigenvalue weighted by molar-refractivity contribution is 14.1. The van der Waals surface area contributed by atoms with Gasteiger partial charge in [-0.15, -0.1) is 0 Å². The largest absolute Gasteiger partial charge is 0.378 e. The second-order valence-corrected chi connectivity index (χ2v) is 6.81. The molecule has 1 fully saturated rings. The van der Waals surface area contributed by atoms with Crippen LogP contribution in [0.4, 0.5) is 0 Å². The third kappa shape index (κ3) is 2.91. The van der Waals surface area contributed by atoms with E-state index in [1.807, 2.05) is 41.4 Å². The van der Waals surface area contributed by atoms with Crippen molar-refractivity contribution in [1.29, 1.82) is 0 Å². The fourth-order valence-electron chi connectivity index (χ4n) is 2.88. The van der Waals surface area contributed by atoms with Crippen LogP contribution < -0.4 is 0 Å². The smallest absolute Gasteiger partial charge is 0.254 e. The molecule has 0 unspecified atom stereocenters. The maximum Gasteiger partial charge on any atom is 0.254 e. The number of rotatable bonds is 2. The lowest BCUT2D eigenvalue weighted by atomic mass is 10.0. The van der Waals surface area contributed by atoms with Crippen molar-refractivity contribution in [3.05, 3.63) is 58.1 Å². The second-order valence-electron chi connectivity index (χ2n) is 5.71. The van der Waals surface area contributed by atoms with Crippen molar-refractivity contribution in [2.45, 2.75) is 0 Å². The SMILES string of the molecule is O=C(c1ccc(-c2ccc3ncc(I)n3c2)cc1)N1CCOCC1. The Hall–Kier alpha value is -1.93. The molecule has 0 atom stereocenters. The molecular weight excluding hydrogens is 417 g/mol. The Kier molecular flexibility index (Phi) is 4.24. The van der Waals surface area contributed by atoms with Crippen molar-refractivity contribution in [2.24, 2.45) is 0 Å². The molecule has 2 aromatic heterocycles. The molecule has 3 aromatic rings. The number of amides is 1. The predicted octanol–water partition coefficient (Wildman–Crippen LogP) is 3.08. The molecule has 6 heteroatoms. The van der Waals surface area contributed by atoms with Crippen molar-refractivity contribution >= 4 is 34.1 Å². The maximum absolute atomic E-state index is 12.5. The van der Waals surface area contributed by atoms with Gasteiger partial charge in [0.2, 0.25) is 0 Å². The number of imidazole rings is 1. The molecule has 0 spiro atoms. The first-order valence-electron chi connectivity index (χ1n) is 7.82. The van der Waals surface area contributed by atoms with Gasteiger partial charge in [-0.2, -0.15) is 0 Å². The number of aromatic nitrogens is 2. The summed E-state index contributed by atoms with van der Waals surface area (Å²) in [5.74, 6) is 0.0736. The van der Waals surface area contributed by atoms with Crippen LogP contribution in [0.1, 0.15) is 10.4 Å². The summed E-state index contributed by atoms with van der Waals surface area (Å²) in [5, 5.41) is 0. The number of pyridine rings is 1. The van der Waals surface area contributed by atoms with Crippen molar-refractivity contribution in [3.63, 3.8) is 0 Å². The van der Waals surface area contributed by atoms with Crippen molar-refractivity contribution in [1.82, 2.24) is 14.3 Å². The number of benzene rings is 1. The Morgan fingerprint density at radius 2 is 1.75 bits per heavy atom. The number of halogens is 1. The van der Waals surface area contributed by atoms with Gasteiger partial charge in [0.15, 0.2) is 0 Å². The molecule has 3 heterocycles. The average molecular weight is 433 g/mol. The number of carbonyl (C=O) groups is 1. The van der Waals surface area contributed by atoms with E-state index in [-0.39, 0.29) is 5.91 Å². The number of carbonyl (C=O) groups excluding carboxylic acids is 1. The van der Waals surface area contributed by atoms with Gasteiger partial charge in [0.05, 0.1) is 19.4 Å². The van der Waals surface area contributed by atoms with Crippen LogP contribution in [0.25, 0.3) is 16.8 Å². The minimum atomic E-state index is 0.0736. The number of fused-ring (bicyclic) bond motifs is 1. The molecule has 5 nitrogen and oxygen atoms in total. The van der Waals surface area contributed by atoms with Gasteiger partial charge >= 0.3 is 0 Å². The standard InChI is InChI=1S/C18H16IN3O2/c19-16-11-20-17-6-5-15(12-22(16)17)13-1-3-14(4-2-13)18(23)21-7-9-24-10-8-21/h1-6,11-12H,7-10H2. The Labute approximate surface area is 153 Å². The van der Waals surface area contributed by atoms with Crippen LogP contribution in [-0.2, 0) is 4.74 Å². The number of hydrogen-bond donors (Lipinski definition) is 0. The lowest BCUT2D eigenvalue weighted by molar-refractivity contribution is 0.0303. The first-order valence-corrected chi connectivity index (χ1v) is 8.90. The third-order valence-electron chi connectivity index (χ3n) is 4.22. The molecule has 24 heavy (non-hydrogen) atoms. The lowest BCUT2D eigenvalue weighted by Gasteiger charge is -2.26. The van der Waals surface area contributed by atoms with Crippen LogP contribution in [0.5, 0.6) is 0 Å². The van der Waals surface area contributed by atoms with Gasteiger partial charge in [0, 0.05) is 24.8 Å². The number of morpholine rings is 1. The molecule has 1 saturated heterocycles. The summed E-state index contributed by atoms with van der Waals surface area (Å²) in [7, 11) is 0. The molecule has 0 bridgehead atoms. The Morgan fingerprint density at radius 3 is 2.50 bits per heavy atom. The van der Waals surface area contributed by atoms with Crippen molar-refractivity contribution in [3.8, 4) is 11.1 Å². The van der Waals surface area contributed by atoms with E-state index in [9.17, 15) is 4.79 Å². The normalized spacial score (nSPS) is 15.0. The summed E-state index contributed by atoms with van der Waals surface area (Å²) in [6.07, 6.45) is 3.92. The van der Waals surface area contributed by atoms with Gasteiger partial charge in [0.1, 0.15) is 9.35 Å². The first-order chi connectivity index (χ1) is 11.7. The number of ether oxygens (including phenoxy) is 1. The van der Waals surface area contributed by atoms with E-state index >= 15 is 0 Å². The highest BCUT2D eigenvalue weighted by Gasteiger charge is 2.18. The van der Waals surface area contributed by atoms with Crippen LogP contribution >= 0.6 is 22.6 Å². The lowest BCUT2D eigenvalue weighted by Crippen LogP contribution is -2.40. The van der Waals surface area contributed by atoms with E-state index < -0.39 is 0 Å². The highest BCUT2D eigenvalue weighted by atomic mass is 127. The molecule has 4 rings (SSSR count). The summed E-state index contributed by atoms with van der Waals surface area (Å²) in [5.41, 5.74) is 3.84. The van der Waals surface area contributed by atoms with E-state index in [0.29, 0.717) is 26.3 Å². The molecule has 0 N–H and O–H groups in total. The molecule has 0 radical (unpaired) electrons. The van der Waals surface area contributed by atoms with Gasteiger partial charge in [-0.3, -0.25) is 9.20 Å². The van der Waals surface area contributed by atoms with Gasteiger partial charge in [-0.25, -0.2) is 4.98 Å². The van der Waals surface area contributed by atoms with E-state index in [1.165, 1.54) is 0 Å². The van der Waals surface area contributed by atoms with E-state index in [2.05, 4.69) is 44.2 Å². The molecule has 1 aliphatic heterocycles. The average Bonchev–Trinajstić information content (AvgIpc) is 3.02. The number of nitrogens with zero attached hydrogens (tertiary/aromatic N) is 3. The Morgan fingerprint density at radius 1 is 1.04 bits per heavy atom. The monoisotopic (exact) mass is 433 g/mol. The first kappa shape index (κ1) is 15.6. The zero-order chi connectivity index (χ0) is 16.5. The molecule has 1 amide bonds. The quantitative estimate of drug-likeness (QED) is 0.584. The summed E-state index contributed by atoms with van der Waals surface area (Å²) in [4.78, 5) is 18.7. The Balaban J connectivity index is 1.60. The van der Waals surface area contributed by atoms with E-state index in [0.717, 1.165) is 26.0 Å². The highest BCUT2D eigenvalue weighted by Crippen LogP contribution is 2.22. The van der Waals surface area contributed by atoms with E-state index in [4.69, 9.17) is 4.74 Å². The van der Waals surface area contributed by atoms with Crippen LogP contribution in [-0.4, -0.2) is 46.5 Å². The van der Waals surface area contributed by atoms with Crippen molar-refractivity contribution < 1.29 is 9.53 Å². The summed E-state index contributed by atoms with van der Waals surface area (Å²) in [6.45, 7) is 2.56. The summed E-state index contributed by atoms with van der Waals surface area (Å²) < 4.78 is 8.43. The van der Waals surface area contributed by atoms with Gasteiger partial charge < -0.3 is 9.64 Å². The molecule has 122 valence electrons. The molecule has 0 aliphatic carbocycles. The van der Waals surface area contributed by atoms with Gasteiger partial charge in [-0.05, 0) is 58.0 Å². The minimum Gasteiger partial charge on any atom is -0.378 e. The second kappa shape index (κ2) is 6.52. The predicted molar refractivity (Wildman–Crippen MR) is 100 cm³/mol. The fourth-order valence-corrected chi connectivity index (χ4v) is 3.40. The van der Waals surface area contributed by atoms with E-state index in [1.54, 1.807) is 0 Å². The van der Waals surface area contributed by atoms with Crippen LogP contribution in [0.2, 0.25) is 0 Å². The maximum atomic E-state index is 12.5. The zero-order valence-electron chi connectivity index (χ0n) is 13.0. The molecule has 0 saturated carbocycles. The van der Waals surface area contributed by atoms with Crippen molar-refractivity contribution in [2.75, 3.05) is 26.3 Å².